The van der Waals surface area contributed by atoms with Crippen molar-refractivity contribution in [1.82, 2.24) is 0 Å². The summed E-state index contributed by atoms with van der Waals surface area (Å²) in [5.41, 5.74) is 13.9. The van der Waals surface area contributed by atoms with E-state index in [9.17, 15) is 0 Å². The molecule has 0 spiro atoms. The lowest BCUT2D eigenvalue weighted by Crippen LogP contribution is -2.17. The van der Waals surface area contributed by atoms with Crippen LogP contribution in [0, 0.1) is 0 Å². The van der Waals surface area contributed by atoms with Crippen molar-refractivity contribution in [2.75, 3.05) is 0 Å². The molecule has 140 valence electrons. The minimum absolute atomic E-state index is 0.266. The summed E-state index contributed by atoms with van der Waals surface area (Å²) in [4.78, 5) is 0. The molecule has 2 atom stereocenters. The van der Waals surface area contributed by atoms with Crippen molar-refractivity contribution in [3.05, 3.63) is 71.8 Å². The Balaban J connectivity index is 0.000000368. The average Bonchev–Trinajstić information content (AvgIpc) is 2.47. The Kier molecular flexibility index (Phi) is 11.7. The van der Waals surface area contributed by atoms with Crippen molar-refractivity contribution in [2.24, 2.45) is 11.5 Å². The highest BCUT2D eigenvalue weighted by atomic mass is 32.3. The third-order valence-corrected chi connectivity index (χ3v) is 2.80. The van der Waals surface area contributed by atoms with Crippen LogP contribution < -0.4 is 11.5 Å². The van der Waals surface area contributed by atoms with Crippen LogP contribution in [0.5, 0.6) is 0 Å². The van der Waals surface area contributed by atoms with Crippen molar-refractivity contribution in [2.45, 2.75) is 38.8 Å². The van der Waals surface area contributed by atoms with Crippen LogP contribution in [0.15, 0.2) is 60.7 Å². The van der Waals surface area contributed by atoms with Gasteiger partial charge in [-0.25, -0.2) is 0 Å². The van der Waals surface area contributed by atoms with E-state index in [0.717, 1.165) is 12.8 Å². The molecule has 2 aromatic rings. The lowest BCUT2D eigenvalue weighted by Gasteiger charge is -2.02. The third kappa shape index (κ3) is 18.4. The van der Waals surface area contributed by atoms with E-state index in [4.69, 9.17) is 29.0 Å². The zero-order chi connectivity index (χ0) is 19.3. The van der Waals surface area contributed by atoms with Crippen LogP contribution in [-0.2, 0) is 23.2 Å². The first-order chi connectivity index (χ1) is 11.6. The van der Waals surface area contributed by atoms with E-state index in [0.29, 0.717) is 0 Å². The number of hydrogen-bond acceptors (Lipinski definition) is 4. The average molecular weight is 368 g/mol. The number of hydrogen-bond donors (Lipinski definition) is 4. The van der Waals surface area contributed by atoms with E-state index in [2.05, 4.69) is 24.3 Å². The molecule has 6 nitrogen and oxygen atoms in total. The Morgan fingerprint density at radius 2 is 1.00 bits per heavy atom. The van der Waals surface area contributed by atoms with Crippen LogP contribution in [0.25, 0.3) is 0 Å². The molecule has 0 radical (unpaired) electrons. The minimum Gasteiger partial charge on any atom is -0.328 e. The van der Waals surface area contributed by atoms with E-state index >= 15 is 0 Å². The SMILES string of the molecule is C[C@@H](N)Cc1ccccc1.C[C@@H](N)Cc1ccccc1.O=S(=O)(O)O. The first-order valence-electron chi connectivity index (χ1n) is 7.86. The molecular weight excluding hydrogens is 340 g/mol. The molecule has 0 aliphatic heterocycles. The maximum Gasteiger partial charge on any atom is 0.394 e. The second kappa shape index (κ2) is 12.6. The molecule has 0 aromatic heterocycles. The maximum atomic E-state index is 8.74. The van der Waals surface area contributed by atoms with Gasteiger partial charge in [-0.15, -0.1) is 0 Å². The van der Waals surface area contributed by atoms with Gasteiger partial charge in [0.2, 0.25) is 0 Å². The van der Waals surface area contributed by atoms with Gasteiger partial charge in [-0.3, -0.25) is 9.11 Å². The Hall–Kier alpha value is -1.77. The van der Waals surface area contributed by atoms with E-state index in [1.807, 2.05) is 50.2 Å². The normalized spacial score (nSPS) is 12.7. The molecular formula is C18H28N2O4S. The van der Waals surface area contributed by atoms with Gasteiger partial charge in [0.05, 0.1) is 0 Å². The van der Waals surface area contributed by atoms with Gasteiger partial charge < -0.3 is 11.5 Å². The Morgan fingerprint density at radius 3 is 1.20 bits per heavy atom. The van der Waals surface area contributed by atoms with Crippen molar-refractivity contribution < 1.29 is 17.5 Å². The van der Waals surface area contributed by atoms with Crippen LogP contribution in [0.2, 0.25) is 0 Å². The summed E-state index contributed by atoms with van der Waals surface area (Å²) in [7, 11) is -4.67. The first-order valence-corrected chi connectivity index (χ1v) is 9.26. The lowest BCUT2D eigenvalue weighted by atomic mass is 10.1. The van der Waals surface area contributed by atoms with Crippen LogP contribution in [0.1, 0.15) is 25.0 Å². The Morgan fingerprint density at radius 1 is 0.760 bits per heavy atom. The fourth-order valence-electron chi connectivity index (χ4n) is 1.97. The Labute approximate surface area is 150 Å². The van der Waals surface area contributed by atoms with Crippen molar-refractivity contribution in [1.29, 1.82) is 0 Å². The van der Waals surface area contributed by atoms with E-state index in [1.165, 1.54) is 11.1 Å². The topological polar surface area (TPSA) is 127 Å². The molecule has 0 fully saturated rings. The molecule has 0 bridgehead atoms. The second-order valence-electron chi connectivity index (χ2n) is 5.78. The summed E-state index contributed by atoms with van der Waals surface area (Å²) >= 11 is 0. The zero-order valence-electron chi connectivity index (χ0n) is 14.6. The summed E-state index contributed by atoms with van der Waals surface area (Å²) in [5.74, 6) is 0. The lowest BCUT2D eigenvalue weighted by molar-refractivity contribution is 0.381. The highest BCUT2D eigenvalue weighted by Gasteiger charge is 1.95. The highest BCUT2D eigenvalue weighted by molar-refractivity contribution is 7.79. The smallest absolute Gasteiger partial charge is 0.328 e. The van der Waals surface area contributed by atoms with Gasteiger partial charge in [0, 0.05) is 12.1 Å². The zero-order valence-corrected chi connectivity index (χ0v) is 15.4. The maximum absolute atomic E-state index is 8.74. The first kappa shape index (κ1) is 23.2. The van der Waals surface area contributed by atoms with Crippen LogP contribution in [0.3, 0.4) is 0 Å². The van der Waals surface area contributed by atoms with Crippen molar-refractivity contribution >= 4 is 10.4 Å². The summed E-state index contributed by atoms with van der Waals surface area (Å²) in [6, 6.07) is 21.1. The molecule has 0 saturated heterocycles. The monoisotopic (exact) mass is 368 g/mol. The minimum atomic E-state index is -4.67. The molecule has 25 heavy (non-hydrogen) atoms. The van der Waals surface area contributed by atoms with Crippen LogP contribution >= 0.6 is 0 Å². The predicted molar refractivity (Wildman–Crippen MR) is 102 cm³/mol. The number of nitrogens with two attached hydrogens (primary N) is 2. The molecule has 6 N–H and O–H groups in total. The fraction of sp³-hybridized carbons (Fsp3) is 0.333. The molecule has 0 aliphatic carbocycles. The summed E-state index contributed by atoms with van der Waals surface area (Å²) in [6.07, 6.45) is 1.95. The molecule has 0 aliphatic rings. The number of rotatable bonds is 4. The van der Waals surface area contributed by atoms with E-state index in [1.54, 1.807) is 0 Å². The van der Waals surface area contributed by atoms with Gasteiger partial charge in [0.15, 0.2) is 0 Å². The summed E-state index contributed by atoms with van der Waals surface area (Å²) in [5, 5.41) is 0. The third-order valence-electron chi connectivity index (χ3n) is 2.80. The van der Waals surface area contributed by atoms with Gasteiger partial charge in [0.1, 0.15) is 0 Å². The van der Waals surface area contributed by atoms with Gasteiger partial charge in [-0.2, -0.15) is 8.42 Å². The number of benzene rings is 2. The van der Waals surface area contributed by atoms with Gasteiger partial charge in [-0.1, -0.05) is 60.7 Å². The summed E-state index contributed by atoms with van der Waals surface area (Å²) < 4.78 is 31.6. The molecule has 2 rings (SSSR count). The van der Waals surface area contributed by atoms with Gasteiger partial charge in [-0.05, 0) is 37.8 Å². The van der Waals surface area contributed by atoms with Crippen LogP contribution in [-0.4, -0.2) is 29.6 Å². The second-order valence-corrected chi connectivity index (χ2v) is 6.68. The Bertz CT molecular complexity index is 606. The predicted octanol–water partition coefficient (Wildman–Crippen LogP) is 2.50. The molecule has 0 unspecified atom stereocenters. The molecule has 2 aromatic carbocycles. The highest BCUT2D eigenvalue weighted by Crippen LogP contribution is 2.01. The van der Waals surface area contributed by atoms with E-state index in [-0.39, 0.29) is 12.1 Å². The van der Waals surface area contributed by atoms with E-state index < -0.39 is 10.4 Å². The summed E-state index contributed by atoms with van der Waals surface area (Å²) in [6.45, 7) is 4.04. The van der Waals surface area contributed by atoms with Crippen LogP contribution in [0.4, 0.5) is 0 Å². The van der Waals surface area contributed by atoms with Gasteiger partial charge in [0.25, 0.3) is 0 Å². The largest absolute Gasteiger partial charge is 0.394 e. The molecule has 7 heteroatoms. The van der Waals surface area contributed by atoms with Gasteiger partial charge >= 0.3 is 10.4 Å². The molecule has 0 heterocycles. The fourth-order valence-corrected chi connectivity index (χ4v) is 1.97. The van der Waals surface area contributed by atoms with Crippen molar-refractivity contribution in [3.63, 3.8) is 0 Å². The van der Waals surface area contributed by atoms with Crippen molar-refractivity contribution in [3.8, 4) is 0 Å². The molecule has 0 amide bonds. The quantitative estimate of drug-likeness (QED) is 0.614. The molecule has 0 saturated carbocycles. The standard InChI is InChI=1S/2C9H13N.H2O4S/c2*1-8(10)7-9-5-3-2-4-6-9;1-5(2,3)4/h2*2-6,8H,7,10H2,1H3;(H2,1,2,3,4)/t2*8-;/m11./s1.